The first-order valence-corrected chi connectivity index (χ1v) is 7.37. The van der Waals surface area contributed by atoms with Crippen LogP contribution in [0.4, 0.5) is 5.69 Å². The van der Waals surface area contributed by atoms with Crippen LogP contribution in [-0.2, 0) is 0 Å². The van der Waals surface area contributed by atoms with Gasteiger partial charge < -0.3 is 15.8 Å². The normalized spacial score (nSPS) is 22.9. The first-order valence-electron chi connectivity index (χ1n) is 7.37. The Kier molecular flexibility index (Phi) is 4.88. The molecule has 2 rings (SSSR count). The van der Waals surface area contributed by atoms with Crippen LogP contribution < -0.4 is 15.8 Å². The van der Waals surface area contributed by atoms with E-state index in [1.54, 1.807) is 18.2 Å². The zero-order chi connectivity index (χ0) is 14.5. The first kappa shape index (κ1) is 14.7. The van der Waals surface area contributed by atoms with E-state index in [0.29, 0.717) is 22.9 Å². The van der Waals surface area contributed by atoms with Crippen molar-refractivity contribution in [3.63, 3.8) is 0 Å². The molecule has 2 unspecified atom stereocenters. The smallest absolute Gasteiger partial charge is 0.255 e. The molecule has 20 heavy (non-hydrogen) atoms. The summed E-state index contributed by atoms with van der Waals surface area (Å²) in [6, 6.07) is 5.52. The summed E-state index contributed by atoms with van der Waals surface area (Å²) in [7, 11) is 1.54. The lowest BCUT2D eigenvalue weighted by molar-refractivity contribution is 0.0918. The molecule has 2 atom stereocenters. The number of carbonyl (C=O) groups excluding carboxylic acids is 1. The van der Waals surface area contributed by atoms with E-state index in [1.165, 1.54) is 32.8 Å². The predicted octanol–water partition coefficient (Wildman–Crippen LogP) is 2.98. The van der Waals surface area contributed by atoms with E-state index in [4.69, 9.17) is 10.5 Å². The molecule has 0 bridgehead atoms. The maximum absolute atomic E-state index is 12.5. The Hall–Kier alpha value is -1.71. The van der Waals surface area contributed by atoms with E-state index >= 15 is 0 Å². The van der Waals surface area contributed by atoms with E-state index in [0.717, 1.165) is 6.42 Å². The van der Waals surface area contributed by atoms with Crippen molar-refractivity contribution in [2.75, 3.05) is 12.8 Å². The topological polar surface area (TPSA) is 64.3 Å². The van der Waals surface area contributed by atoms with Gasteiger partial charge in [0, 0.05) is 6.04 Å². The second kappa shape index (κ2) is 6.64. The highest BCUT2D eigenvalue weighted by molar-refractivity contribution is 5.98. The molecule has 110 valence electrons. The molecular weight excluding hydrogens is 252 g/mol. The SMILES string of the molecule is COc1c(N)cccc1C(=O)NC1CCCCCC1C. The summed E-state index contributed by atoms with van der Waals surface area (Å²) < 4.78 is 5.25. The maximum Gasteiger partial charge on any atom is 0.255 e. The lowest BCUT2D eigenvalue weighted by atomic mass is 9.96. The first-order chi connectivity index (χ1) is 9.63. The van der Waals surface area contributed by atoms with Crippen LogP contribution in [-0.4, -0.2) is 19.1 Å². The quantitative estimate of drug-likeness (QED) is 0.659. The van der Waals surface area contributed by atoms with Crippen LogP contribution in [0.1, 0.15) is 49.4 Å². The number of amides is 1. The Labute approximate surface area is 120 Å². The molecule has 0 radical (unpaired) electrons. The number of methoxy groups -OCH3 is 1. The molecule has 1 aliphatic rings. The van der Waals surface area contributed by atoms with Crippen molar-refractivity contribution < 1.29 is 9.53 Å². The van der Waals surface area contributed by atoms with Gasteiger partial charge in [-0.1, -0.05) is 32.3 Å². The molecule has 0 aromatic heterocycles. The van der Waals surface area contributed by atoms with Crippen molar-refractivity contribution in [3.05, 3.63) is 23.8 Å². The van der Waals surface area contributed by atoms with Crippen molar-refractivity contribution in [2.45, 2.75) is 45.1 Å². The summed E-state index contributed by atoms with van der Waals surface area (Å²) in [5, 5.41) is 3.15. The minimum absolute atomic E-state index is 0.0899. The molecule has 3 N–H and O–H groups in total. The molecule has 1 fully saturated rings. The fourth-order valence-electron chi connectivity index (χ4n) is 2.92. The number of benzene rings is 1. The van der Waals surface area contributed by atoms with Crippen LogP contribution in [0.15, 0.2) is 18.2 Å². The maximum atomic E-state index is 12.5. The number of ether oxygens (including phenoxy) is 1. The highest BCUT2D eigenvalue weighted by Gasteiger charge is 2.23. The summed E-state index contributed by atoms with van der Waals surface area (Å²) in [4.78, 5) is 12.5. The number of nitrogens with two attached hydrogens (primary N) is 1. The third kappa shape index (κ3) is 3.24. The molecule has 4 heteroatoms. The third-order valence-corrected chi connectivity index (χ3v) is 4.17. The van der Waals surface area contributed by atoms with Gasteiger partial charge in [-0.2, -0.15) is 0 Å². The third-order valence-electron chi connectivity index (χ3n) is 4.17. The number of anilines is 1. The Morgan fingerprint density at radius 2 is 2.05 bits per heavy atom. The average Bonchev–Trinajstić information content (AvgIpc) is 2.64. The van der Waals surface area contributed by atoms with Crippen LogP contribution in [0, 0.1) is 5.92 Å². The Morgan fingerprint density at radius 3 is 2.80 bits per heavy atom. The Morgan fingerprint density at radius 1 is 1.30 bits per heavy atom. The monoisotopic (exact) mass is 276 g/mol. The van der Waals surface area contributed by atoms with Crippen molar-refractivity contribution >= 4 is 11.6 Å². The van der Waals surface area contributed by atoms with E-state index < -0.39 is 0 Å². The van der Waals surface area contributed by atoms with Gasteiger partial charge in [0.2, 0.25) is 0 Å². The Balaban J connectivity index is 2.13. The summed E-state index contributed by atoms with van der Waals surface area (Å²) in [6.45, 7) is 2.22. The number of nitrogens with one attached hydrogen (secondary N) is 1. The molecule has 4 nitrogen and oxygen atoms in total. The summed E-state index contributed by atoms with van der Waals surface area (Å²) in [5.74, 6) is 0.896. The summed E-state index contributed by atoms with van der Waals surface area (Å²) in [6.07, 6.45) is 5.94. The van der Waals surface area contributed by atoms with Gasteiger partial charge in [0.1, 0.15) is 0 Å². The van der Waals surface area contributed by atoms with Gasteiger partial charge in [-0.15, -0.1) is 0 Å². The number of para-hydroxylation sites is 1. The fraction of sp³-hybridized carbons (Fsp3) is 0.562. The number of nitrogen functional groups attached to an aromatic ring is 1. The number of carbonyl (C=O) groups is 1. The van der Waals surface area contributed by atoms with Gasteiger partial charge in [0.05, 0.1) is 18.4 Å². The summed E-state index contributed by atoms with van der Waals surface area (Å²) >= 11 is 0. The van der Waals surface area contributed by atoms with Gasteiger partial charge >= 0.3 is 0 Å². The van der Waals surface area contributed by atoms with Crippen molar-refractivity contribution in [1.82, 2.24) is 5.32 Å². The largest absolute Gasteiger partial charge is 0.494 e. The zero-order valence-electron chi connectivity index (χ0n) is 12.3. The van der Waals surface area contributed by atoms with Crippen LogP contribution in [0.25, 0.3) is 0 Å². The van der Waals surface area contributed by atoms with E-state index in [-0.39, 0.29) is 11.9 Å². The minimum Gasteiger partial charge on any atom is -0.494 e. The second-order valence-corrected chi connectivity index (χ2v) is 5.62. The van der Waals surface area contributed by atoms with Crippen molar-refractivity contribution in [1.29, 1.82) is 0 Å². The van der Waals surface area contributed by atoms with Gasteiger partial charge in [0.15, 0.2) is 5.75 Å². The van der Waals surface area contributed by atoms with E-state index in [9.17, 15) is 4.79 Å². The molecule has 0 aliphatic heterocycles. The van der Waals surface area contributed by atoms with Crippen LogP contribution in [0.3, 0.4) is 0 Å². The lowest BCUT2D eigenvalue weighted by Crippen LogP contribution is -2.39. The highest BCUT2D eigenvalue weighted by Crippen LogP contribution is 2.27. The second-order valence-electron chi connectivity index (χ2n) is 5.62. The van der Waals surface area contributed by atoms with Gasteiger partial charge in [0.25, 0.3) is 5.91 Å². The molecule has 0 heterocycles. The lowest BCUT2D eigenvalue weighted by Gasteiger charge is -2.23. The number of rotatable bonds is 3. The molecule has 1 aromatic carbocycles. The average molecular weight is 276 g/mol. The standard InChI is InChI=1S/C16H24N2O2/c1-11-7-4-3-5-10-14(11)18-16(19)12-8-6-9-13(17)15(12)20-2/h6,8-9,11,14H,3-5,7,10,17H2,1-2H3,(H,18,19). The number of hydrogen-bond donors (Lipinski definition) is 2. The molecule has 0 saturated heterocycles. The molecule has 1 saturated carbocycles. The van der Waals surface area contributed by atoms with Gasteiger partial charge in [-0.3, -0.25) is 4.79 Å². The number of hydrogen-bond acceptors (Lipinski definition) is 3. The van der Waals surface area contributed by atoms with Gasteiger partial charge in [-0.05, 0) is 30.9 Å². The highest BCUT2D eigenvalue weighted by atomic mass is 16.5. The molecule has 1 aliphatic carbocycles. The van der Waals surface area contributed by atoms with Crippen molar-refractivity contribution in [2.24, 2.45) is 5.92 Å². The predicted molar refractivity (Wildman–Crippen MR) is 80.9 cm³/mol. The van der Waals surface area contributed by atoms with Crippen LogP contribution in [0.2, 0.25) is 0 Å². The van der Waals surface area contributed by atoms with Crippen LogP contribution in [0.5, 0.6) is 5.75 Å². The molecule has 0 spiro atoms. The summed E-state index contributed by atoms with van der Waals surface area (Å²) in [5.41, 5.74) is 6.86. The molecule has 1 amide bonds. The molecular formula is C16H24N2O2. The van der Waals surface area contributed by atoms with E-state index in [1.807, 2.05) is 0 Å². The zero-order valence-corrected chi connectivity index (χ0v) is 12.3. The Bertz CT molecular complexity index is 474. The van der Waals surface area contributed by atoms with Crippen molar-refractivity contribution in [3.8, 4) is 5.75 Å². The molecule has 1 aromatic rings. The fourth-order valence-corrected chi connectivity index (χ4v) is 2.92. The van der Waals surface area contributed by atoms with E-state index in [2.05, 4.69) is 12.2 Å². The minimum atomic E-state index is -0.0899. The van der Waals surface area contributed by atoms with Gasteiger partial charge in [-0.25, -0.2) is 0 Å². The van der Waals surface area contributed by atoms with Crippen LogP contribution >= 0.6 is 0 Å².